The van der Waals surface area contributed by atoms with E-state index in [0.29, 0.717) is 17.6 Å². The number of epoxide rings is 1. The third kappa shape index (κ3) is 2.57. The van der Waals surface area contributed by atoms with Crippen LogP contribution in [0.2, 0.25) is 0 Å². The highest BCUT2D eigenvalue weighted by Gasteiger charge is 2.63. The number of hydrogen-bond acceptors (Lipinski definition) is 4. The van der Waals surface area contributed by atoms with Gasteiger partial charge in [0.2, 0.25) is 0 Å². The molecule has 4 rings (SSSR count). The minimum absolute atomic E-state index is 0.0734. The first-order valence-corrected chi connectivity index (χ1v) is 9.76. The summed E-state index contributed by atoms with van der Waals surface area (Å²) in [6.07, 6.45) is 5.53. The van der Waals surface area contributed by atoms with Crippen LogP contribution in [-0.4, -0.2) is 35.0 Å². The van der Waals surface area contributed by atoms with E-state index in [1.54, 1.807) is 0 Å². The Kier molecular flexibility index (Phi) is 3.73. The van der Waals surface area contributed by atoms with E-state index in [2.05, 4.69) is 34.6 Å². The molecule has 1 spiro atoms. The third-order valence-corrected chi connectivity index (χ3v) is 7.09. The van der Waals surface area contributed by atoms with Gasteiger partial charge in [0.05, 0.1) is 11.7 Å². The molecule has 3 bridgehead atoms. The standard InChI is InChI=1S/C20H32O4/c1-12(2)15-6-7-18(4)8-9-20(24-18)13(3)10-14(22-20)11-19(5)17(23-19)16(15)21/h12-15,17H,6-11H2,1-5H3. The quantitative estimate of drug-likeness (QED) is 0.682. The molecule has 4 heterocycles. The first kappa shape index (κ1) is 17.0. The maximum absolute atomic E-state index is 13.0. The first-order chi connectivity index (χ1) is 11.2. The molecule has 4 aliphatic heterocycles. The Labute approximate surface area is 145 Å². The molecule has 4 fully saturated rings. The molecular weight excluding hydrogens is 304 g/mol. The molecule has 0 radical (unpaired) electrons. The smallest absolute Gasteiger partial charge is 0.172 e. The van der Waals surface area contributed by atoms with Crippen molar-refractivity contribution in [2.24, 2.45) is 17.8 Å². The molecule has 24 heavy (non-hydrogen) atoms. The summed E-state index contributed by atoms with van der Waals surface area (Å²) in [6.45, 7) is 10.8. The van der Waals surface area contributed by atoms with Gasteiger partial charge in [-0.15, -0.1) is 0 Å². The normalized spacial score (nSPS) is 54.3. The number of fused-ring (bicyclic) bond motifs is 3. The number of ether oxygens (including phenoxy) is 3. The average Bonchev–Trinajstić information content (AvgIpc) is 2.87. The van der Waals surface area contributed by atoms with E-state index >= 15 is 0 Å². The number of ketones is 1. The van der Waals surface area contributed by atoms with Gasteiger partial charge in [0.1, 0.15) is 11.7 Å². The van der Waals surface area contributed by atoms with Crippen molar-refractivity contribution in [1.29, 1.82) is 0 Å². The lowest BCUT2D eigenvalue weighted by molar-refractivity contribution is -0.256. The summed E-state index contributed by atoms with van der Waals surface area (Å²) in [7, 11) is 0. The predicted octanol–water partition coefficient (Wildman–Crippen LogP) is 3.86. The summed E-state index contributed by atoms with van der Waals surface area (Å²) in [5.41, 5.74) is -0.495. The molecular formula is C20H32O4. The van der Waals surface area contributed by atoms with Crippen LogP contribution in [0.5, 0.6) is 0 Å². The third-order valence-electron chi connectivity index (χ3n) is 7.09. The van der Waals surface area contributed by atoms with Gasteiger partial charge in [-0.05, 0) is 45.4 Å². The van der Waals surface area contributed by atoms with Gasteiger partial charge in [-0.2, -0.15) is 0 Å². The van der Waals surface area contributed by atoms with Gasteiger partial charge in [-0.1, -0.05) is 20.8 Å². The van der Waals surface area contributed by atoms with Crippen molar-refractivity contribution in [3.05, 3.63) is 0 Å². The summed E-state index contributed by atoms with van der Waals surface area (Å²) in [4.78, 5) is 13.0. The van der Waals surface area contributed by atoms with E-state index < -0.39 is 5.79 Å². The van der Waals surface area contributed by atoms with Gasteiger partial charge in [0, 0.05) is 24.7 Å². The highest BCUT2D eigenvalue weighted by Crippen LogP contribution is 2.54. The van der Waals surface area contributed by atoms with Crippen LogP contribution in [-0.2, 0) is 19.0 Å². The summed E-state index contributed by atoms with van der Waals surface area (Å²) >= 11 is 0. The molecule has 4 saturated heterocycles. The number of rotatable bonds is 1. The van der Waals surface area contributed by atoms with Crippen molar-refractivity contribution < 1.29 is 19.0 Å². The highest BCUT2D eigenvalue weighted by atomic mass is 16.7. The van der Waals surface area contributed by atoms with E-state index in [1.807, 2.05) is 0 Å². The minimum Gasteiger partial charge on any atom is -0.358 e. The van der Waals surface area contributed by atoms with E-state index in [9.17, 15) is 4.79 Å². The van der Waals surface area contributed by atoms with Crippen LogP contribution in [0.1, 0.15) is 73.1 Å². The zero-order valence-corrected chi connectivity index (χ0v) is 15.8. The maximum atomic E-state index is 13.0. The van der Waals surface area contributed by atoms with E-state index in [4.69, 9.17) is 14.2 Å². The van der Waals surface area contributed by atoms with Crippen LogP contribution in [0, 0.1) is 17.8 Å². The zero-order valence-electron chi connectivity index (χ0n) is 15.8. The molecule has 4 aliphatic rings. The predicted molar refractivity (Wildman–Crippen MR) is 90.6 cm³/mol. The van der Waals surface area contributed by atoms with Crippen molar-refractivity contribution in [3.63, 3.8) is 0 Å². The minimum atomic E-state index is -0.406. The number of carbonyl (C=O) groups excluding carboxylic acids is 1. The molecule has 0 aliphatic carbocycles. The largest absolute Gasteiger partial charge is 0.358 e. The first-order valence-electron chi connectivity index (χ1n) is 9.76. The molecule has 136 valence electrons. The fraction of sp³-hybridized carbons (Fsp3) is 0.950. The van der Waals surface area contributed by atoms with Crippen LogP contribution >= 0.6 is 0 Å². The van der Waals surface area contributed by atoms with Gasteiger partial charge >= 0.3 is 0 Å². The Balaban J connectivity index is 1.64. The Hall–Kier alpha value is -0.450. The topological polar surface area (TPSA) is 48.1 Å². The summed E-state index contributed by atoms with van der Waals surface area (Å²) in [5, 5.41) is 0. The van der Waals surface area contributed by atoms with Crippen LogP contribution in [0.25, 0.3) is 0 Å². The van der Waals surface area contributed by atoms with E-state index in [-0.39, 0.29) is 29.3 Å². The van der Waals surface area contributed by atoms with E-state index in [0.717, 1.165) is 38.5 Å². The Morgan fingerprint density at radius 2 is 1.88 bits per heavy atom. The molecule has 0 aromatic carbocycles. The molecule has 7 atom stereocenters. The molecule has 7 unspecified atom stereocenters. The van der Waals surface area contributed by atoms with Crippen LogP contribution in [0.15, 0.2) is 0 Å². The second-order valence-electron chi connectivity index (χ2n) is 9.55. The number of hydrogen-bond donors (Lipinski definition) is 0. The fourth-order valence-corrected chi connectivity index (χ4v) is 5.37. The van der Waals surface area contributed by atoms with Gasteiger partial charge < -0.3 is 14.2 Å². The average molecular weight is 336 g/mol. The van der Waals surface area contributed by atoms with Crippen molar-refractivity contribution in [2.45, 2.75) is 102 Å². The Morgan fingerprint density at radius 1 is 1.12 bits per heavy atom. The molecule has 0 N–H and O–H groups in total. The molecule has 0 amide bonds. The van der Waals surface area contributed by atoms with E-state index in [1.165, 1.54) is 0 Å². The monoisotopic (exact) mass is 336 g/mol. The lowest BCUT2D eigenvalue weighted by Gasteiger charge is -2.34. The van der Waals surface area contributed by atoms with Crippen LogP contribution < -0.4 is 0 Å². The molecule has 0 aromatic rings. The van der Waals surface area contributed by atoms with Gasteiger partial charge in [-0.25, -0.2) is 0 Å². The SMILES string of the molecule is CC(C)C1CCC2(C)CCC3(OC(CC3C)CC3(C)OC3C1=O)O2. The number of carbonyl (C=O) groups is 1. The molecule has 0 aromatic heterocycles. The summed E-state index contributed by atoms with van der Waals surface area (Å²) < 4.78 is 19.0. The molecule has 0 saturated carbocycles. The second kappa shape index (κ2) is 5.28. The highest BCUT2D eigenvalue weighted by molar-refractivity contribution is 5.89. The van der Waals surface area contributed by atoms with Gasteiger partial charge in [-0.3, -0.25) is 4.79 Å². The summed E-state index contributed by atoms with van der Waals surface area (Å²) in [6, 6.07) is 0. The maximum Gasteiger partial charge on any atom is 0.172 e. The zero-order chi connectivity index (χ0) is 17.3. The van der Waals surface area contributed by atoms with Gasteiger partial charge in [0.25, 0.3) is 0 Å². The molecule has 4 heteroatoms. The summed E-state index contributed by atoms with van der Waals surface area (Å²) in [5.74, 6) is 0.717. The van der Waals surface area contributed by atoms with Gasteiger partial charge in [0.15, 0.2) is 11.6 Å². The van der Waals surface area contributed by atoms with Crippen molar-refractivity contribution in [3.8, 4) is 0 Å². The lowest BCUT2D eigenvalue weighted by atomic mass is 9.80. The number of Topliss-reactive ketones (excluding diaryl/α,β-unsaturated/α-hetero) is 1. The van der Waals surface area contributed by atoms with Crippen molar-refractivity contribution in [1.82, 2.24) is 0 Å². The molecule has 4 nitrogen and oxygen atoms in total. The fourth-order valence-electron chi connectivity index (χ4n) is 5.37. The second-order valence-corrected chi connectivity index (χ2v) is 9.55. The van der Waals surface area contributed by atoms with Crippen molar-refractivity contribution >= 4 is 5.78 Å². The lowest BCUT2D eigenvalue weighted by Crippen LogP contribution is -2.39. The van der Waals surface area contributed by atoms with Crippen LogP contribution in [0.3, 0.4) is 0 Å². The van der Waals surface area contributed by atoms with Crippen LogP contribution in [0.4, 0.5) is 0 Å². The van der Waals surface area contributed by atoms with Crippen molar-refractivity contribution in [2.75, 3.05) is 0 Å². The Morgan fingerprint density at radius 3 is 2.58 bits per heavy atom. The Bertz CT molecular complexity index is 546.